The fourth-order valence-electron chi connectivity index (χ4n) is 2.74. The summed E-state index contributed by atoms with van der Waals surface area (Å²) in [5.41, 5.74) is 11.3. The Morgan fingerprint density at radius 2 is 1.79 bits per heavy atom. The van der Waals surface area contributed by atoms with E-state index in [2.05, 4.69) is 9.89 Å². The number of amides is 1. The summed E-state index contributed by atoms with van der Waals surface area (Å²) in [5, 5.41) is 0. The highest BCUT2D eigenvalue weighted by Gasteiger charge is 2.24. The minimum Gasteiger partial charge on any atom is -0.378 e. The van der Waals surface area contributed by atoms with Crippen LogP contribution in [0.5, 0.6) is 0 Å². The molecule has 0 bridgehead atoms. The van der Waals surface area contributed by atoms with Gasteiger partial charge in [0.05, 0.1) is 13.2 Å². The van der Waals surface area contributed by atoms with Gasteiger partial charge in [0.25, 0.3) is 0 Å². The molecule has 0 aromatic carbocycles. The van der Waals surface area contributed by atoms with Crippen LogP contribution in [-0.2, 0) is 9.53 Å². The molecule has 108 valence electrons. The fourth-order valence-corrected chi connectivity index (χ4v) is 2.74. The first-order valence-electron chi connectivity index (χ1n) is 7.08. The summed E-state index contributed by atoms with van der Waals surface area (Å²) in [5.74, 6) is 1.07. The normalized spacial score (nSPS) is 29.3. The van der Waals surface area contributed by atoms with Gasteiger partial charge in [0, 0.05) is 25.6 Å². The zero-order valence-corrected chi connectivity index (χ0v) is 11.4. The third kappa shape index (κ3) is 4.09. The number of aliphatic imine (C=N–C) groups is 1. The van der Waals surface area contributed by atoms with E-state index >= 15 is 0 Å². The quantitative estimate of drug-likeness (QED) is 0.553. The lowest BCUT2D eigenvalue weighted by Gasteiger charge is -2.29. The predicted octanol–water partition coefficient (Wildman–Crippen LogP) is -0.0750. The molecule has 1 saturated heterocycles. The summed E-state index contributed by atoms with van der Waals surface area (Å²) in [7, 11) is 0. The second-order valence-electron chi connectivity index (χ2n) is 5.42. The fraction of sp³-hybridized carbons (Fsp3) is 0.846. The summed E-state index contributed by atoms with van der Waals surface area (Å²) in [6, 6.07) is 0. The summed E-state index contributed by atoms with van der Waals surface area (Å²) >= 11 is 0. The Hall–Kier alpha value is -1.30. The van der Waals surface area contributed by atoms with Gasteiger partial charge in [0.1, 0.15) is 0 Å². The zero-order valence-electron chi connectivity index (χ0n) is 11.4. The third-order valence-electron chi connectivity index (χ3n) is 4.10. The van der Waals surface area contributed by atoms with E-state index in [1.807, 2.05) is 0 Å². The minimum atomic E-state index is -0.158. The molecule has 1 saturated carbocycles. The van der Waals surface area contributed by atoms with Crippen LogP contribution in [0.15, 0.2) is 4.99 Å². The van der Waals surface area contributed by atoms with Crippen molar-refractivity contribution < 1.29 is 9.53 Å². The molecule has 0 aromatic rings. The summed E-state index contributed by atoms with van der Waals surface area (Å²) in [4.78, 5) is 17.6. The Bertz CT molecular complexity index is 332. The van der Waals surface area contributed by atoms with E-state index in [1.165, 1.54) is 0 Å². The number of rotatable bonds is 3. The topological polar surface area (TPSA) is 93.9 Å². The Balaban J connectivity index is 1.74. The molecule has 6 heteroatoms. The van der Waals surface area contributed by atoms with E-state index in [9.17, 15) is 4.79 Å². The largest absolute Gasteiger partial charge is 0.378 e. The van der Waals surface area contributed by atoms with Gasteiger partial charge in [-0.15, -0.1) is 0 Å². The maximum Gasteiger partial charge on any atom is 0.220 e. The van der Waals surface area contributed by atoms with Crippen molar-refractivity contribution in [3.05, 3.63) is 0 Å². The van der Waals surface area contributed by atoms with Crippen molar-refractivity contribution in [1.82, 2.24) is 4.90 Å². The molecule has 6 nitrogen and oxygen atoms in total. The maximum absolute atomic E-state index is 11.1. The van der Waals surface area contributed by atoms with Crippen LogP contribution in [-0.4, -0.2) is 49.6 Å². The molecule has 2 rings (SSSR count). The number of ether oxygens (including phenoxy) is 1. The molecular weight excluding hydrogens is 244 g/mol. The molecule has 19 heavy (non-hydrogen) atoms. The first kappa shape index (κ1) is 14.1. The predicted molar refractivity (Wildman–Crippen MR) is 73.5 cm³/mol. The molecule has 0 radical (unpaired) electrons. The number of nitrogens with zero attached hydrogens (tertiary/aromatic N) is 2. The SMILES string of the molecule is NC(=O)C1CCC(CN=C(N)N2CCOCC2)CC1. The lowest BCUT2D eigenvalue weighted by Crippen LogP contribution is -2.45. The molecule has 1 amide bonds. The average molecular weight is 268 g/mol. The number of hydrogen-bond donors (Lipinski definition) is 2. The Labute approximate surface area is 114 Å². The molecule has 2 fully saturated rings. The average Bonchev–Trinajstić information content (AvgIpc) is 2.46. The summed E-state index contributed by atoms with van der Waals surface area (Å²) in [6.45, 7) is 3.85. The lowest BCUT2D eigenvalue weighted by atomic mass is 9.82. The number of guanidine groups is 1. The minimum absolute atomic E-state index is 0.0665. The van der Waals surface area contributed by atoms with Gasteiger partial charge in [-0.3, -0.25) is 9.79 Å². The second kappa shape index (κ2) is 6.75. The lowest BCUT2D eigenvalue weighted by molar-refractivity contribution is -0.122. The number of nitrogens with two attached hydrogens (primary N) is 2. The van der Waals surface area contributed by atoms with E-state index in [0.717, 1.165) is 58.5 Å². The molecule has 0 unspecified atom stereocenters. The van der Waals surface area contributed by atoms with Gasteiger partial charge in [-0.05, 0) is 31.6 Å². The molecule has 0 atom stereocenters. The van der Waals surface area contributed by atoms with Crippen molar-refractivity contribution in [2.24, 2.45) is 28.3 Å². The van der Waals surface area contributed by atoms with E-state index in [4.69, 9.17) is 16.2 Å². The van der Waals surface area contributed by atoms with E-state index in [1.54, 1.807) is 0 Å². The third-order valence-corrected chi connectivity index (χ3v) is 4.10. The number of carbonyl (C=O) groups excluding carboxylic acids is 1. The maximum atomic E-state index is 11.1. The van der Waals surface area contributed by atoms with E-state index in [0.29, 0.717) is 11.9 Å². The Kier molecular flexibility index (Phi) is 5.01. The van der Waals surface area contributed by atoms with Gasteiger partial charge < -0.3 is 21.1 Å². The standard InChI is InChI=1S/C13H24N4O2/c14-12(18)11-3-1-10(2-4-11)9-16-13(15)17-5-7-19-8-6-17/h10-11H,1-9H2,(H2,14,18)(H2,15,16). The highest BCUT2D eigenvalue weighted by molar-refractivity contribution is 5.78. The van der Waals surface area contributed by atoms with Crippen LogP contribution in [0, 0.1) is 11.8 Å². The Morgan fingerprint density at radius 3 is 2.37 bits per heavy atom. The number of morpholine rings is 1. The smallest absolute Gasteiger partial charge is 0.220 e. The van der Waals surface area contributed by atoms with Crippen LogP contribution in [0.4, 0.5) is 0 Å². The summed E-state index contributed by atoms with van der Waals surface area (Å²) in [6.07, 6.45) is 3.83. The Morgan fingerprint density at radius 1 is 1.16 bits per heavy atom. The molecular formula is C13H24N4O2. The van der Waals surface area contributed by atoms with Crippen molar-refractivity contribution in [2.45, 2.75) is 25.7 Å². The molecule has 4 N–H and O–H groups in total. The number of carbonyl (C=O) groups is 1. The van der Waals surface area contributed by atoms with Crippen LogP contribution in [0.1, 0.15) is 25.7 Å². The van der Waals surface area contributed by atoms with Gasteiger partial charge >= 0.3 is 0 Å². The van der Waals surface area contributed by atoms with Crippen molar-refractivity contribution in [3.8, 4) is 0 Å². The highest BCUT2D eigenvalue weighted by Crippen LogP contribution is 2.28. The molecule has 0 spiro atoms. The van der Waals surface area contributed by atoms with Gasteiger partial charge in [-0.2, -0.15) is 0 Å². The van der Waals surface area contributed by atoms with E-state index < -0.39 is 0 Å². The second-order valence-corrected chi connectivity index (χ2v) is 5.42. The number of hydrogen-bond acceptors (Lipinski definition) is 3. The van der Waals surface area contributed by atoms with E-state index in [-0.39, 0.29) is 11.8 Å². The van der Waals surface area contributed by atoms with Crippen LogP contribution in [0.2, 0.25) is 0 Å². The van der Waals surface area contributed by atoms with Gasteiger partial charge in [-0.1, -0.05) is 0 Å². The molecule has 1 aliphatic heterocycles. The van der Waals surface area contributed by atoms with Gasteiger partial charge in [-0.25, -0.2) is 0 Å². The summed E-state index contributed by atoms with van der Waals surface area (Å²) < 4.78 is 5.28. The van der Waals surface area contributed by atoms with Gasteiger partial charge in [0.2, 0.25) is 5.91 Å². The molecule has 1 aliphatic carbocycles. The highest BCUT2D eigenvalue weighted by atomic mass is 16.5. The molecule has 1 heterocycles. The van der Waals surface area contributed by atoms with Crippen LogP contribution in [0.25, 0.3) is 0 Å². The first-order valence-corrected chi connectivity index (χ1v) is 7.08. The first-order chi connectivity index (χ1) is 9.16. The molecule has 0 aromatic heterocycles. The van der Waals surface area contributed by atoms with Crippen molar-refractivity contribution in [1.29, 1.82) is 0 Å². The zero-order chi connectivity index (χ0) is 13.7. The van der Waals surface area contributed by atoms with Crippen molar-refractivity contribution in [2.75, 3.05) is 32.8 Å². The molecule has 2 aliphatic rings. The van der Waals surface area contributed by atoms with Crippen LogP contribution >= 0.6 is 0 Å². The van der Waals surface area contributed by atoms with Gasteiger partial charge in [0.15, 0.2) is 5.96 Å². The monoisotopic (exact) mass is 268 g/mol. The van der Waals surface area contributed by atoms with Crippen molar-refractivity contribution >= 4 is 11.9 Å². The van der Waals surface area contributed by atoms with Crippen LogP contribution in [0.3, 0.4) is 0 Å². The number of primary amides is 1. The van der Waals surface area contributed by atoms with Crippen LogP contribution < -0.4 is 11.5 Å². The van der Waals surface area contributed by atoms with Crippen molar-refractivity contribution in [3.63, 3.8) is 0 Å².